The number of ether oxygens (including phenoxy) is 2. The number of pyridine rings is 1. The number of H-pyrrole nitrogens is 1. The van der Waals surface area contributed by atoms with Gasteiger partial charge < -0.3 is 19.4 Å². The van der Waals surface area contributed by atoms with E-state index in [0.717, 1.165) is 62.3 Å². The van der Waals surface area contributed by atoms with Gasteiger partial charge in [-0.2, -0.15) is 0 Å². The van der Waals surface area contributed by atoms with E-state index in [1.807, 2.05) is 18.2 Å². The van der Waals surface area contributed by atoms with Crippen molar-refractivity contribution in [2.24, 2.45) is 5.41 Å². The van der Waals surface area contributed by atoms with Crippen LogP contribution in [0.4, 0.5) is 11.4 Å². The van der Waals surface area contributed by atoms with Gasteiger partial charge >= 0.3 is 0 Å². The average molecular weight is 966 g/mol. The molecule has 9 rings (SSSR count). The summed E-state index contributed by atoms with van der Waals surface area (Å²) >= 11 is 6.25. The summed E-state index contributed by atoms with van der Waals surface area (Å²) < 4.78 is 66.2. The van der Waals surface area contributed by atoms with Gasteiger partial charge in [0, 0.05) is 85.4 Å². The van der Waals surface area contributed by atoms with E-state index in [1.165, 1.54) is 47.2 Å². The van der Waals surface area contributed by atoms with Crippen LogP contribution in [-0.2, 0) is 26.3 Å². The molecule has 0 radical (unpaired) electrons. The largest absolute Gasteiger partial charge is 0.492 e. The van der Waals surface area contributed by atoms with Gasteiger partial charge in [-0.3, -0.25) is 19.8 Å². The Hall–Kier alpha value is -6.27. The van der Waals surface area contributed by atoms with Gasteiger partial charge in [-0.1, -0.05) is 55.3 Å². The zero-order valence-electron chi connectivity index (χ0n) is 37.1. The summed E-state index contributed by atoms with van der Waals surface area (Å²) in [5.74, 6) is -0.989. The molecule has 4 heterocycles. The van der Waals surface area contributed by atoms with Gasteiger partial charge in [-0.15, -0.1) is 0 Å². The summed E-state index contributed by atoms with van der Waals surface area (Å²) in [5, 5.41) is 13.9. The lowest BCUT2D eigenvalue weighted by Gasteiger charge is -2.39. The molecular weight excluding hydrogens is 916 g/mol. The van der Waals surface area contributed by atoms with Crippen molar-refractivity contribution in [1.29, 1.82) is 0 Å². The third-order valence-electron chi connectivity index (χ3n) is 12.9. The fourth-order valence-electron chi connectivity index (χ4n) is 9.17. The molecule has 1 aliphatic carbocycles. The lowest BCUT2D eigenvalue weighted by molar-refractivity contribution is -0.386. The molecule has 6 aromatic rings. The summed E-state index contributed by atoms with van der Waals surface area (Å²) in [5.41, 5.74) is 5.97. The second-order valence-electron chi connectivity index (χ2n) is 18.2. The number of sulfonamides is 1. The molecule has 0 spiro atoms. The second kappa shape index (κ2) is 18.1. The first-order chi connectivity index (χ1) is 31.9. The highest BCUT2D eigenvalue weighted by molar-refractivity contribution is 7.90. The zero-order chi connectivity index (χ0) is 47.3. The van der Waals surface area contributed by atoms with Crippen molar-refractivity contribution in [3.8, 4) is 17.2 Å². The van der Waals surface area contributed by atoms with Crippen molar-refractivity contribution in [1.82, 2.24) is 19.6 Å². The molecule has 0 unspecified atom stereocenters. The molecule has 67 heavy (non-hydrogen) atoms. The highest BCUT2D eigenvalue weighted by atomic mass is 35.5. The molecule has 2 N–H and O–H groups in total. The molecular formula is C49H49ClN6O9S2. The minimum atomic E-state index is -4.71. The number of halogens is 1. The van der Waals surface area contributed by atoms with Crippen LogP contribution in [0, 0.1) is 15.5 Å². The standard InChI is InChI=1S/C49H49ClN6O9S2/c1-49(2)16-14-34(43(27-49)32-4-8-36(50)9-5-32)29-54-18-20-55(21-19-54)37-10-13-41(46(24-37)65-38-22-33-15-17-51-47(33)52-28-38)48(57)53-67(62,63)40-25-44(56(58)59)42-23-35(30-64-45(42)26-40)31-6-11-39(12-7-31)66(3,60)61/h4-13,15,17,22,24-26,28,35H,14,16,18-21,23,27,29-30H2,1-3H3,(H,51,52)(H,53,57)/t35-/m0/s1. The Labute approximate surface area is 393 Å². The smallest absolute Gasteiger partial charge is 0.277 e. The number of hydrogen-bond donors (Lipinski definition) is 2. The van der Waals surface area contributed by atoms with E-state index in [9.17, 15) is 31.7 Å². The van der Waals surface area contributed by atoms with Crippen LogP contribution in [0.5, 0.6) is 17.2 Å². The first-order valence-electron chi connectivity index (χ1n) is 21.9. The Morgan fingerprint density at radius 1 is 0.970 bits per heavy atom. The number of nitro groups is 1. The molecule has 1 amide bonds. The molecule has 1 atom stereocenters. The maximum atomic E-state index is 14.1. The van der Waals surface area contributed by atoms with Crippen LogP contribution >= 0.6 is 11.6 Å². The topological polar surface area (TPSA) is 194 Å². The quantitative estimate of drug-likeness (QED) is 0.0875. The lowest BCUT2D eigenvalue weighted by Crippen LogP contribution is -2.47. The van der Waals surface area contributed by atoms with Crippen LogP contribution in [0.3, 0.4) is 0 Å². The number of hydrogen-bond acceptors (Lipinski definition) is 12. The zero-order valence-corrected chi connectivity index (χ0v) is 39.5. The number of anilines is 1. The maximum absolute atomic E-state index is 14.1. The molecule has 2 aromatic heterocycles. The number of amides is 1. The number of nitro benzene ring substituents is 1. The van der Waals surface area contributed by atoms with E-state index in [1.54, 1.807) is 36.5 Å². The maximum Gasteiger partial charge on any atom is 0.277 e. The van der Waals surface area contributed by atoms with E-state index >= 15 is 0 Å². The van der Waals surface area contributed by atoms with Crippen molar-refractivity contribution in [3.63, 3.8) is 0 Å². The monoisotopic (exact) mass is 964 g/mol. The van der Waals surface area contributed by atoms with Gasteiger partial charge in [-0.05, 0) is 96.3 Å². The Morgan fingerprint density at radius 3 is 2.43 bits per heavy atom. The summed E-state index contributed by atoms with van der Waals surface area (Å²) in [7, 11) is -8.14. The molecule has 15 nitrogen and oxygen atoms in total. The lowest BCUT2D eigenvalue weighted by atomic mass is 9.72. The Bertz CT molecular complexity index is 3170. The van der Waals surface area contributed by atoms with Crippen LogP contribution in [0.15, 0.2) is 119 Å². The SMILES string of the molecule is CC1(C)CCC(CN2CCN(c3ccc(C(=O)NS(=O)(=O)c4cc5c(c([N+](=O)[O-])c4)C[C@H](c4ccc(S(C)(=O)=O)cc4)CO5)c(Oc4cnc5[nH]ccc5c4)c3)CC2)=C(c2ccc(Cl)cc2)C1. The minimum absolute atomic E-state index is 0.00596. The van der Waals surface area contributed by atoms with Gasteiger partial charge in [0.2, 0.25) is 0 Å². The van der Waals surface area contributed by atoms with Crippen molar-refractivity contribution < 1.29 is 36.0 Å². The fourth-order valence-corrected chi connectivity index (χ4v) is 10.9. The predicted octanol–water partition coefficient (Wildman–Crippen LogP) is 8.94. The molecule has 348 valence electrons. The molecule has 4 aromatic carbocycles. The van der Waals surface area contributed by atoms with Gasteiger partial charge in [0.1, 0.15) is 22.9 Å². The van der Waals surface area contributed by atoms with Crippen LogP contribution in [-0.4, -0.2) is 88.1 Å². The fraction of sp³-hybridized carbons (Fsp3) is 0.306. The Morgan fingerprint density at radius 2 is 1.72 bits per heavy atom. The molecule has 0 saturated carbocycles. The molecule has 18 heteroatoms. The summed E-state index contributed by atoms with van der Waals surface area (Å²) in [6.07, 6.45) is 7.62. The normalized spacial score (nSPS) is 17.7. The number of fused-ring (bicyclic) bond motifs is 2. The minimum Gasteiger partial charge on any atom is -0.492 e. The Balaban J connectivity index is 0.948. The number of sulfone groups is 1. The van der Waals surface area contributed by atoms with Crippen LogP contribution in [0.1, 0.15) is 66.1 Å². The molecule has 0 bridgehead atoms. The molecule has 2 aliphatic heterocycles. The molecule has 3 aliphatic rings. The number of carbonyl (C=O) groups is 1. The first kappa shape index (κ1) is 45.9. The predicted molar refractivity (Wildman–Crippen MR) is 257 cm³/mol. The van der Waals surface area contributed by atoms with Gasteiger partial charge in [0.25, 0.3) is 21.6 Å². The van der Waals surface area contributed by atoms with Crippen molar-refractivity contribution >= 4 is 65.3 Å². The average Bonchev–Trinajstić information content (AvgIpc) is 3.77. The van der Waals surface area contributed by atoms with E-state index in [4.69, 9.17) is 21.1 Å². The van der Waals surface area contributed by atoms with E-state index < -0.39 is 41.3 Å². The third-order valence-corrected chi connectivity index (χ3v) is 15.6. The Kier molecular flexibility index (Phi) is 12.4. The van der Waals surface area contributed by atoms with Crippen molar-refractivity contribution in [2.45, 2.75) is 55.2 Å². The number of carbonyl (C=O) groups excluding carboxylic acids is 1. The van der Waals surface area contributed by atoms with Crippen LogP contribution < -0.4 is 19.1 Å². The number of aromatic amines is 1. The van der Waals surface area contributed by atoms with Crippen LogP contribution in [0.25, 0.3) is 16.6 Å². The highest BCUT2D eigenvalue weighted by Gasteiger charge is 2.34. The summed E-state index contributed by atoms with van der Waals surface area (Å²) in [6, 6.07) is 25.0. The number of nitrogens with one attached hydrogen (secondary N) is 2. The third kappa shape index (κ3) is 10.1. The number of rotatable bonds is 12. The first-order valence-corrected chi connectivity index (χ1v) is 25.6. The van der Waals surface area contributed by atoms with Crippen LogP contribution in [0.2, 0.25) is 5.02 Å². The van der Waals surface area contributed by atoms with E-state index in [0.29, 0.717) is 35.1 Å². The van der Waals surface area contributed by atoms with Crippen molar-refractivity contribution in [3.05, 3.63) is 146 Å². The van der Waals surface area contributed by atoms with Gasteiger partial charge in [0.15, 0.2) is 9.84 Å². The van der Waals surface area contributed by atoms with E-state index in [-0.39, 0.29) is 51.9 Å². The number of nitrogens with zero attached hydrogens (tertiary/aromatic N) is 4. The highest BCUT2D eigenvalue weighted by Crippen LogP contribution is 2.44. The second-order valence-corrected chi connectivity index (χ2v) is 22.4. The number of aromatic nitrogens is 2. The molecule has 1 fully saturated rings. The van der Waals surface area contributed by atoms with Gasteiger partial charge in [-0.25, -0.2) is 26.5 Å². The summed E-state index contributed by atoms with van der Waals surface area (Å²) in [4.78, 5) is 37.5. The van der Waals surface area contributed by atoms with E-state index in [2.05, 4.69) is 50.5 Å². The number of benzene rings is 4. The van der Waals surface area contributed by atoms with Crippen molar-refractivity contribution in [2.75, 3.05) is 50.5 Å². The number of piperazine rings is 1. The van der Waals surface area contributed by atoms with Gasteiger partial charge in [0.05, 0.1) is 38.6 Å². The number of allylic oxidation sites excluding steroid dienone is 1. The summed E-state index contributed by atoms with van der Waals surface area (Å²) in [6.45, 7) is 8.53. The molecule has 1 saturated heterocycles.